The number of nitrogen functional groups attached to an aromatic ring is 1. The van der Waals surface area contributed by atoms with E-state index in [0.29, 0.717) is 0 Å². The smallest absolute Gasteiger partial charge is 0.0317 e. The molecule has 0 aliphatic heterocycles. The first kappa shape index (κ1) is 7.48. The molecule has 0 aromatic heterocycles. The number of thiol groups is 1. The molecular weight excluding hydrogens is 142 g/mol. The fraction of sp³-hybridized carbons (Fsp3) is 0.125. The van der Waals surface area contributed by atoms with E-state index in [0.717, 1.165) is 11.3 Å². The van der Waals surface area contributed by atoms with Crippen molar-refractivity contribution in [3.8, 4) is 0 Å². The number of anilines is 1. The van der Waals surface area contributed by atoms with Crippen LogP contribution in [-0.2, 0) is 0 Å². The molecule has 10 heavy (non-hydrogen) atoms. The average Bonchev–Trinajstić information content (AvgIpc) is 1.88. The summed E-state index contributed by atoms with van der Waals surface area (Å²) < 4.78 is 0. The van der Waals surface area contributed by atoms with Crippen LogP contribution in [0.25, 0.3) is 0 Å². The molecule has 0 spiro atoms. The summed E-state index contributed by atoms with van der Waals surface area (Å²) in [6, 6.07) is 7.39. The standard InChI is InChI=1S/C8H9NS/c1-6(10)7-3-2-4-8(9)5-7/h1-6,10H,9H2. The second-order valence-electron chi connectivity index (χ2n) is 2.11. The van der Waals surface area contributed by atoms with Crippen LogP contribution in [0.3, 0.4) is 0 Å². The highest BCUT2D eigenvalue weighted by Crippen LogP contribution is 2.19. The van der Waals surface area contributed by atoms with Crippen LogP contribution in [0, 0.1) is 6.92 Å². The van der Waals surface area contributed by atoms with Gasteiger partial charge in [-0.25, -0.2) is 0 Å². The summed E-state index contributed by atoms with van der Waals surface area (Å²) in [4.78, 5) is 0. The minimum Gasteiger partial charge on any atom is -0.399 e. The topological polar surface area (TPSA) is 26.0 Å². The predicted molar refractivity (Wildman–Crippen MR) is 46.9 cm³/mol. The molecule has 0 amide bonds. The van der Waals surface area contributed by atoms with Crippen molar-refractivity contribution in [3.63, 3.8) is 0 Å². The lowest BCUT2D eigenvalue weighted by atomic mass is 10.1. The van der Waals surface area contributed by atoms with Gasteiger partial charge in [-0.2, -0.15) is 12.6 Å². The molecule has 1 atom stereocenters. The Morgan fingerprint density at radius 1 is 1.50 bits per heavy atom. The maximum Gasteiger partial charge on any atom is 0.0317 e. The van der Waals surface area contributed by atoms with Gasteiger partial charge in [0.2, 0.25) is 0 Å². The summed E-state index contributed by atoms with van der Waals surface area (Å²) in [5.74, 6) is 0. The molecule has 0 bridgehead atoms. The molecular formula is C8H9NS. The maximum atomic E-state index is 5.51. The number of hydrogen-bond acceptors (Lipinski definition) is 2. The number of rotatable bonds is 1. The second-order valence-corrected chi connectivity index (χ2v) is 2.67. The lowest BCUT2D eigenvalue weighted by Crippen LogP contribution is -1.88. The zero-order chi connectivity index (χ0) is 7.56. The first-order valence-electron chi connectivity index (χ1n) is 2.99. The van der Waals surface area contributed by atoms with E-state index in [1.165, 1.54) is 0 Å². The molecule has 1 rings (SSSR count). The lowest BCUT2D eigenvalue weighted by Gasteiger charge is -2.03. The van der Waals surface area contributed by atoms with E-state index in [1.54, 1.807) is 0 Å². The molecule has 2 radical (unpaired) electrons. The zero-order valence-corrected chi connectivity index (χ0v) is 6.38. The largest absolute Gasteiger partial charge is 0.399 e. The van der Waals surface area contributed by atoms with Gasteiger partial charge in [-0.15, -0.1) is 0 Å². The number of benzene rings is 1. The van der Waals surface area contributed by atoms with E-state index in [9.17, 15) is 0 Å². The van der Waals surface area contributed by atoms with Crippen molar-refractivity contribution in [2.75, 3.05) is 5.73 Å². The first-order valence-corrected chi connectivity index (χ1v) is 3.51. The van der Waals surface area contributed by atoms with Gasteiger partial charge in [-0.1, -0.05) is 12.1 Å². The van der Waals surface area contributed by atoms with E-state index in [1.807, 2.05) is 24.3 Å². The first-order chi connectivity index (χ1) is 4.70. The van der Waals surface area contributed by atoms with Crippen LogP contribution in [0.15, 0.2) is 24.3 Å². The highest BCUT2D eigenvalue weighted by atomic mass is 32.1. The fourth-order valence-corrected chi connectivity index (χ4v) is 0.904. The third-order valence-corrected chi connectivity index (χ3v) is 1.55. The van der Waals surface area contributed by atoms with Gasteiger partial charge >= 0.3 is 0 Å². The minimum atomic E-state index is -0.233. The minimum absolute atomic E-state index is 0.233. The summed E-state index contributed by atoms with van der Waals surface area (Å²) in [6.45, 7) is 5.49. The Labute approximate surface area is 66.7 Å². The Bertz CT molecular complexity index is 220. The zero-order valence-electron chi connectivity index (χ0n) is 5.49. The van der Waals surface area contributed by atoms with E-state index in [4.69, 9.17) is 12.7 Å². The molecule has 52 valence electrons. The molecule has 0 saturated carbocycles. The van der Waals surface area contributed by atoms with E-state index < -0.39 is 0 Å². The van der Waals surface area contributed by atoms with Crippen molar-refractivity contribution >= 4 is 18.3 Å². The van der Waals surface area contributed by atoms with Crippen molar-refractivity contribution in [1.29, 1.82) is 0 Å². The average molecular weight is 151 g/mol. The maximum absolute atomic E-state index is 5.51. The Morgan fingerprint density at radius 3 is 2.60 bits per heavy atom. The molecule has 0 fully saturated rings. The van der Waals surface area contributed by atoms with Gasteiger partial charge in [0.15, 0.2) is 0 Å². The summed E-state index contributed by atoms with van der Waals surface area (Å²) in [5, 5.41) is -0.233. The normalized spacial score (nSPS) is 13.0. The third-order valence-electron chi connectivity index (χ3n) is 1.25. The van der Waals surface area contributed by atoms with Crippen LogP contribution >= 0.6 is 12.6 Å². The molecule has 1 aromatic rings. The number of nitrogens with two attached hydrogens (primary N) is 1. The molecule has 0 heterocycles. The summed E-state index contributed by atoms with van der Waals surface area (Å²) in [7, 11) is 0. The molecule has 1 unspecified atom stereocenters. The van der Waals surface area contributed by atoms with Gasteiger partial charge in [0.1, 0.15) is 0 Å². The Hall–Kier alpha value is -0.630. The quantitative estimate of drug-likeness (QED) is 0.465. The third kappa shape index (κ3) is 1.67. The molecule has 0 saturated heterocycles. The van der Waals surface area contributed by atoms with Gasteiger partial charge < -0.3 is 5.73 Å². The molecule has 0 aliphatic carbocycles. The van der Waals surface area contributed by atoms with Gasteiger partial charge in [-0.3, -0.25) is 0 Å². The van der Waals surface area contributed by atoms with Gasteiger partial charge in [0.05, 0.1) is 0 Å². The summed E-state index contributed by atoms with van der Waals surface area (Å²) >= 11 is 4.06. The highest BCUT2D eigenvalue weighted by Gasteiger charge is 1.97. The van der Waals surface area contributed by atoms with Crippen molar-refractivity contribution < 1.29 is 0 Å². The summed E-state index contributed by atoms with van der Waals surface area (Å²) in [6.07, 6.45) is 0. The van der Waals surface area contributed by atoms with E-state index in [2.05, 4.69) is 12.6 Å². The van der Waals surface area contributed by atoms with E-state index >= 15 is 0 Å². The summed E-state index contributed by atoms with van der Waals surface area (Å²) in [5.41, 5.74) is 7.18. The van der Waals surface area contributed by atoms with Crippen molar-refractivity contribution in [3.05, 3.63) is 36.8 Å². The van der Waals surface area contributed by atoms with Crippen LogP contribution in [0.2, 0.25) is 0 Å². The second kappa shape index (κ2) is 2.97. The fourth-order valence-electron chi connectivity index (χ4n) is 0.743. The monoisotopic (exact) mass is 151 g/mol. The van der Waals surface area contributed by atoms with Crippen molar-refractivity contribution in [2.24, 2.45) is 0 Å². The number of hydrogen-bond donors (Lipinski definition) is 2. The lowest BCUT2D eigenvalue weighted by molar-refractivity contribution is 1.24. The Balaban J connectivity index is 2.96. The van der Waals surface area contributed by atoms with Gasteiger partial charge in [0.25, 0.3) is 0 Å². The van der Waals surface area contributed by atoms with Crippen LogP contribution < -0.4 is 5.73 Å². The van der Waals surface area contributed by atoms with Crippen LogP contribution in [0.4, 0.5) is 5.69 Å². The molecule has 2 N–H and O–H groups in total. The molecule has 1 nitrogen and oxygen atoms in total. The van der Waals surface area contributed by atoms with Crippen LogP contribution in [0.1, 0.15) is 10.8 Å². The van der Waals surface area contributed by atoms with Gasteiger partial charge in [-0.05, 0) is 24.6 Å². The van der Waals surface area contributed by atoms with Crippen molar-refractivity contribution in [2.45, 2.75) is 5.25 Å². The Morgan fingerprint density at radius 2 is 2.20 bits per heavy atom. The SMILES string of the molecule is [CH]C(S)c1cccc(N)c1. The van der Waals surface area contributed by atoms with Crippen molar-refractivity contribution in [1.82, 2.24) is 0 Å². The molecule has 0 aliphatic rings. The highest BCUT2D eigenvalue weighted by molar-refractivity contribution is 7.80. The van der Waals surface area contributed by atoms with Crippen LogP contribution in [0.5, 0.6) is 0 Å². The van der Waals surface area contributed by atoms with Gasteiger partial charge in [0, 0.05) is 10.9 Å². The predicted octanol–water partition coefficient (Wildman–Crippen LogP) is 1.95. The molecule has 2 heteroatoms. The molecule has 1 aromatic carbocycles. The van der Waals surface area contributed by atoms with Crippen LogP contribution in [-0.4, -0.2) is 0 Å². The Kier molecular flexibility index (Phi) is 2.22. The van der Waals surface area contributed by atoms with E-state index in [-0.39, 0.29) is 5.25 Å².